The van der Waals surface area contributed by atoms with Crippen molar-refractivity contribution in [1.29, 1.82) is 0 Å². The molecule has 6 heteroatoms. The molecule has 0 aliphatic rings. The summed E-state index contributed by atoms with van der Waals surface area (Å²) in [5.74, 6) is -3.08. The number of nitrogens with two attached hydrogens (primary N) is 1. The SMILES string of the molecule is NC(CC(=O)[O-])C(=O)[O-].[Cr+3].[H+]. The van der Waals surface area contributed by atoms with E-state index in [-0.39, 0.29) is 18.8 Å². The van der Waals surface area contributed by atoms with Gasteiger partial charge < -0.3 is 25.5 Å². The average Bonchev–Trinajstić information content (AvgIpc) is 1.63. The molecule has 0 spiro atoms. The first-order chi connectivity index (χ1) is 4.04. The van der Waals surface area contributed by atoms with Crippen molar-refractivity contribution in [3.05, 3.63) is 0 Å². The Morgan fingerprint density at radius 1 is 1.50 bits per heavy atom. The first-order valence-electron chi connectivity index (χ1n) is 2.20. The molecule has 0 fully saturated rings. The molecule has 0 saturated carbocycles. The van der Waals surface area contributed by atoms with Crippen LogP contribution in [0.2, 0.25) is 0 Å². The first kappa shape index (κ1) is 12.1. The maximum absolute atomic E-state index is 9.71. The maximum Gasteiger partial charge on any atom is 3.00 e. The molecule has 0 aliphatic heterocycles. The van der Waals surface area contributed by atoms with Gasteiger partial charge in [0.1, 0.15) is 0 Å². The number of rotatable bonds is 3. The molecule has 0 bridgehead atoms. The second-order valence-corrected chi connectivity index (χ2v) is 1.50. The predicted octanol–water partition coefficient (Wildman–Crippen LogP) is -3.69. The molecule has 5 nitrogen and oxygen atoms in total. The quantitative estimate of drug-likeness (QED) is 0.486. The van der Waals surface area contributed by atoms with Crippen LogP contribution in [0.15, 0.2) is 0 Å². The molecule has 0 aromatic rings. The van der Waals surface area contributed by atoms with Gasteiger partial charge in [-0.15, -0.1) is 0 Å². The average molecular weight is 184 g/mol. The van der Waals surface area contributed by atoms with Crippen molar-refractivity contribution < 1.29 is 38.6 Å². The molecule has 0 rings (SSSR count). The van der Waals surface area contributed by atoms with Crippen LogP contribution in [0.4, 0.5) is 0 Å². The van der Waals surface area contributed by atoms with Crippen LogP contribution < -0.4 is 15.9 Å². The van der Waals surface area contributed by atoms with Crippen molar-refractivity contribution in [3.8, 4) is 0 Å². The number of hydrogen-bond donors (Lipinski definition) is 1. The Bertz CT molecular complexity index is 142. The van der Waals surface area contributed by atoms with Gasteiger partial charge in [-0.05, 0) is 0 Å². The fourth-order valence-corrected chi connectivity index (χ4v) is 0.263. The Morgan fingerprint density at radius 2 is 1.90 bits per heavy atom. The summed E-state index contributed by atoms with van der Waals surface area (Å²) < 4.78 is 0. The minimum atomic E-state index is -1.58. The topological polar surface area (TPSA) is 106 Å². The Kier molecular flexibility index (Phi) is 6.36. The number of carbonyl (C=O) groups is 2. The van der Waals surface area contributed by atoms with Gasteiger partial charge in [-0.1, -0.05) is 0 Å². The van der Waals surface area contributed by atoms with E-state index < -0.39 is 24.4 Å². The molecule has 0 saturated heterocycles. The van der Waals surface area contributed by atoms with Crippen LogP contribution in [0.3, 0.4) is 0 Å². The van der Waals surface area contributed by atoms with Gasteiger partial charge in [-0.25, -0.2) is 0 Å². The van der Waals surface area contributed by atoms with Crippen molar-refractivity contribution >= 4 is 11.9 Å². The summed E-state index contributed by atoms with van der Waals surface area (Å²) in [6.45, 7) is 0. The van der Waals surface area contributed by atoms with Crippen molar-refractivity contribution in [2.75, 3.05) is 0 Å². The minimum Gasteiger partial charge on any atom is -0.550 e. The zero-order chi connectivity index (χ0) is 7.44. The summed E-state index contributed by atoms with van der Waals surface area (Å²) in [4.78, 5) is 19.3. The Morgan fingerprint density at radius 3 is 2.00 bits per heavy atom. The Hall–Kier alpha value is -0.568. The summed E-state index contributed by atoms with van der Waals surface area (Å²) >= 11 is 0. The molecular weight excluding hydrogens is 178 g/mol. The Balaban J connectivity index is -0.000000320. The second-order valence-electron chi connectivity index (χ2n) is 1.50. The number of carboxylic acid groups (broad SMARTS) is 2. The number of carboxylic acids is 2. The van der Waals surface area contributed by atoms with E-state index in [1.165, 1.54) is 0 Å². The molecule has 0 aromatic heterocycles. The summed E-state index contributed by atoms with van der Waals surface area (Å²) in [5, 5.41) is 19.3. The van der Waals surface area contributed by atoms with E-state index in [1.807, 2.05) is 0 Å². The third-order valence-corrected chi connectivity index (χ3v) is 0.689. The van der Waals surface area contributed by atoms with Gasteiger partial charge in [0.25, 0.3) is 0 Å². The molecular formula is C4H6CrNO4+2. The summed E-state index contributed by atoms with van der Waals surface area (Å²) in [6, 6.07) is -1.46. The monoisotopic (exact) mass is 184 g/mol. The van der Waals surface area contributed by atoms with Crippen LogP contribution in [-0.2, 0) is 27.0 Å². The van der Waals surface area contributed by atoms with E-state index in [9.17, 15) is 19.8 Å². The zero-order valence-corrected chi connectivity index (χ0v) is 6.18. The zero-order valence-electron chi connectivity index (χ0n) is 5.90. The third-order valence-electron chi connectivity index (χ3n) is 0.689. The predicted molar refractivity (Wildman–Crippen MR) is 23.7 cm³/mol. The van der Waals surface area contributed by atoms with Gasteiger partial charge in [0.2, 0.25) is 0 Å². The molecule has 2 N–H and O–H groups in total. The van der Waals surface area contributed by atoms with E-state index in [4.69, 9.17) is 5.73 Å². The minimum absolute atomic E-state index is 0. The van der Waals surface area contributed by atoms with Crippen LogP contribution >= 0.6 is 0 Å². The molecule has 0 aromatic carbocycles. The Labute approximate surface area is 69.4 Å². The van der Waals surface area contributed by atoms with Crippen LogP contribution in [0.25, 0.3) is 0 Å². The normalized spacial score (nSPS) is 11.3. The molecule has 1 atom stereocenters. The number of hydrogen-bond acceptors (Lipinski definition) is 5. The van der Waals surface area contributed by atoms with Gasteiger partial charge in [0.05, 0.1) is 5.97 Å². The summed E-state index contributed by atoms with van der Waals surface area (Å²) in [7, 11) is 0. The summed E-state index contributed by atoms with van der Waals surface area (Å²) in [5.41, 5.74) is 4.73. The fraction of sp³-hybridized carbons (Fsp3) is 0.500. The molecule has 0 amide bonds. The van der Waals surface area contributed by atoms with E-state index >= 15 is 0 Å². The van der Waals surface area contributed by atoms with Crippen LogP contribution in [-0.4, -0.2) is 18.0 Å². The van der Waals surface area contributed by atoms with Crippen LogP contribution in [0.1, 0.15) is 7.85 Å². The fourth-order valence-electron chi connectivity index (χ4n) is 0.263. The largest absolute Gasteiger partial charge is 3.00 e. The van der Waals surface area contributed by atoms with E-state index in [2.05, 4.69) is 0 Å². The molecule has 0 heterocycles. The summed E-state index contributed by atoms with van der Waals surface area (Å²) in [6.07, 6.45) is -0.706. The van der Waals surface area contributed by atoms with Crippen LogP contribution in [0.5, 0.6) is 0 Å². The van der Waals surface area contributed by atoms with Crippen molar-refractivity contribution in [1.82, 2.24) is 0 Å². The number of carbonyl (C=O) groups excluding carboxylic acids is 2. The van der Waals surface area contributed by atoms with Gasteiger partial charge in [-0.3, -0.25) is 0 Å². The number of aliphatic carboxylic acids is 2. The van der Waals surface area contributed by atoms with Crippen LogP contribution in [0, 0.1) is 0 Å². The van der Waals surface area contributed by atoms with Crippen molar-refractivity contribution in [3.63, 3.8) is 0 Å². The first-order valence-corrected chi connectivity index (χ1v) is 2.20. The molecule has 1 radical (unpaired) electrons. The van der Waals surface area contributed by atoms with Crippen molar-refractivity contribution in [2.24, 2.45) is 5.73 Å². The molecule has 0 aliphatic carbocycles. The maximum atomic E-state index is 9.71. The molecule has 55 valence electrons. The van der Waals surface area contributed by atoms with Gasteiger partial charge in [0.15, 0.2) is 0 Å². The molecule has 10 heavy (non-hydrogen) atoms. The third kappa shape index (κ3) is 5.57. The van der Waals surface area contributed by atoms with E-state index in [1.54, 1.807) is 0 Å². The standard InChI is InChI=1S/C4H7NO4.Cr/c5-2(4(8)9)1-3(6)7;/h2H,1,5H2,(H,6,7)(H,8,9);/q;+3/p-1. The second kappa shape index (κ2) is 5.24. The van der Waals surface area contributed by atoms with Gasteiger partial charge in [-0.2, -0.15) is 0 Å². The smallest absolute Gasteiger partial charge is 0.550 e. The van der Waals surface area contributed by atoms with Crippen molar-refractivity contribution in [2.45, 2.75) is 12.5 Å². The van der Waals surface area contributed by atoms with E-state index in [0.717, 1.165) is 0 Å². The molecule has 1 unspecified atom stereocenters. The van der Waals surface area contributed by atoms with Gasteiger partial charge >= 0.3 is 18.8 Å². The van der Waals surface area contributed by atoms with Gasteiger partial charge in [0, 0.05) is 18.4 Å². The van der Waals surface area contributed by atoms with E-state index in [0.29, 0.717) is 0 Å².